The molecule has 0 radical (unpaired) electrons. The minimum atomic E-state index is 0.327. The van der Waals surface area contributed by atoms with Gasteiger partial charge in [-0.15, -0.1) is 11.8 Å². The molecule has 1 saturated heterocycles. The minimum absolute atomic E-state index is 0.327. The summed E-state index contributed by atoms with van der Waals surface area (Å²) in [6.45, 7) is 8.50. The molecule has 1 heterocycles. The van der Waals surface area contributed by atoms with Crippen molar-refractivity contribution in [2.24, 2.45) is 0 Å². The monoisotopic (exact) mass is 269 g/mol. The molecule has 1 aromatic rings. The maximum Gasteiger partial charge on any atom is 0.115 e. The van der Waals surface area contributed by atoms with Crippen molar-refractivity contribution in [2.45, 2.75) is 24.8 Å². The van der Waals surface area contributed by atoms with E-state index in [1.807, 2.05) is 18.4 Å². The standard InChI is InChI=1S/C7H15NO.C7H8OS/c1-7(2)8-3-5-9-6-4-8;1-9-7-4-2-6(8)3-5-7/h7H,3-6H2,1-2H3;2-5,8H,1H3. The molecule has 2 rings (SSSR count). The van der Waals surface area contributed by atoms with Crippen LogP contribution in [0.5, 0.6) is 5.75 Å². The third kappa shape index (κ3) is 5.76. The molecule has 0 bridgehead atoms. The van der Waals surface area contributed by atoms with Gasteiger partial charge in [-0.1, -0.05) is 0 Å². The number of nitrogens with zero attached hydrogens (tertiary/aromatic N) is 1. The number of phenolic OH excluding ortho intramolecular Hbond substituents is 1. The maximum atomic E-state index is 8.84. The van der Waals surface area contributed by atoms with E-state index in [9.17, 15) is 0 Å². The molecule has 0 saturated carbocycles. The zero-order chi connectivity index (χ0) is 13.4. The highest BCUT2D eigenvalue weighted by Crippen LogP contribution is 2.17. The quantitative estimate of drug-likeness (QED) is 0.837. The highest BCUT2D eigenvalue weighted by atomic mass is 32.2. The van der Waals surface area contributed by atoms with Gasteiger partial charge >= 0.3 is 0 Å². The smallest absolute Gasteiger partial charge is 0.115 e. The predicted octanol–water partition coefficient (Wildman–Crippen LogP) is 2.84. The van der Waals surface area contributed by atoms with Crippen molar-refractivity contribution in [1.29, 1.82) is 0 Å². The summed E-state index contributed by atoms with van der Waals surface area (Å²) in [5.74, 6) is 0.327. The first kappa shape index (κ1) is 15.3. The number of benzene rings is 1. The van der Waals surface area contributed by atoms with E-state index in [1.54, 1.807) is 23.9 Å². The number of rotatable bonds is 2. The Labute approximate surface area is 114 Å². The van der Waals surface area contributed by atoms with Crippen LogP contribution in [0.3, 0.4) is 0 Å². The summed E-state index contributed by atoms with van der Waals surface area (Å²) in [6, 6.07) is 7.84. The maximum absolute atomic E-state index is 8.84. The lowest BCUT2D eigenvalue weighted by molar-refractivity contribution is 0.0238. The van der Waals surface area contributed by atoms with Crippen molar-refractivity contribution >= 4 is 11.8 Å². The Kier molecular flexibility index (Phi) is 7.16. The molecule has 1 aliphatic rings. The molecule has 4 heteroatoms. The molecule has 1 aromatic carbocycles. The van der Waals surface area contributed by atoms with Gasteiger partial charge in [0.05, 0.1) is 13.2 Å². The third-order valence-electron chi connectivity index (χ3n) is 2.85. The van der Waals surface area contributed by atoms with E-state index in [-0.39, 0.29) is 0 Å². The van der Waals surface area contributed by atoms with Gasteiger partial charge in [0.25, 0.3) is 0 Å². The van der Waals surface area contributed by atoms with Crippen LogP contribution in [0.15, 0.2) is 29.2 Å². The van der Waals surface area contributed by atoms with Gasteiger partial charge in [0.15, 0.2) is 0 Å². The molecule has 0 atom stereocenters. The first-order chi connectivity index (χ1) is 8.63. The largest absolute Gasteiger partial charge is 0.508 e. The highest BCUT2D eigenvalue weighted by Gasteiger charge is 2.11. The highest BCUT2D eigenvalue weighted by molar-refractivity contribution is 7.98. The van der Waals surface area contributed by atoms with Crippen LogP contribution < -0.4 is 0 Å². The Balaban J connectivity index is 0.000000180. The van der Waals surface area contributed by atoms with Crippen LogP contribution in [0.4, 0.5) is 0 Å². The second-order valence-corrected chi connectivity index (χ2v) is 5.32. The summed E-state index contributed by atoms with van der Waals surface area (Å²) >= 11 is 1.67. The van der Waals surface area contributed by atoms with Gasteiger partial charge in [0.2, 0.25) is 0 Å². The lowest BCUT2D eigenvalue weighted by Crippen LogP contribution is -2.40. The predicted molar refractivity (Wildman–Crippen MR) is 77.4 cm³/mol. The summed E-state index contributed by atoms with van der Waals surface area (Å²) in [5.41, 5.74) is 0. The van der Waals surface area contributed by atoms with E-state index in [1.165, 1.54) is 4.90 Å². The van der Waals surface area contributed by atoms with Crippen LogP contribution in [0.1, 0.15) is 13.8 Å². The number of ether oxygens (including phenoxy) is 1. The Morgan fingerprint density at radius 3 is 2.11 bits per heavy atom. The lowest BCUT2D eigenvalue weighted by atomic mass is 10.3. The molecule has 102 valence electrons. The van der Waals surface area contributed by atoms with E-state index in [2.05, 4.69) is 18.7 Å². The average Bonchev–Trinajstić information content (AvgIpc) is 2.41. The van der Waals surface area contributed by atoms with Gasteiger partial charge < -0.3 is 9.84 Å². The Bertz CT molecular complexity index is 321. The average molecular weight is 269 g/mol. The van der Waals surface area contributed by atoms with E-state index in [0.29, 0.717) is 11.8 Å². The van der Waals surface area contributed by atoms with Crippen LogP contribution in [0, 0.1) is 0 Å². The van der Waals surface area contributed by atoms with Crippen LogP contribution in [0.2, 0.25) is 0 Å². The normalized spacial score (nSPS) is 16.2. The van der Waals surface area contributed by atoms with Gasteiger partial charge in [0, 0.05) is 24.0 Å². The number of thioether (sulfide) groups is 1. The molecule has 0 unspecified atom stereocenters. The zero-order valence-electron chi connectivity index (χ0n) is 11.4. The molecule has 0 spiro atoms. The topological polar surface area (TPSA) is 32.7 Å². The molecule has 1 aliphatic heterocycles. The van der Waals surface area contributed by atoms with Gasteiger partial charge in [-0.25, -0.2) is 0 Å². The SMILES string of the molecule is CC(C)N1CCOCC1.CSc1ccc(O)cc1. The van der Waals surface area contributed by atoms with Gasteiger partial charge in [-0.2, -0.15) is 0 Å². The van der Waals surface area contributed by atoms with Gasteiger partial charge in [-0.05, 0) is 44.4 Å². The Hall–Kier alpha value is -0.710. The fourth-order valence-corrected chi connectivity index (χ4v) is 2.08. The van der Waals surface area contributed by atoms with Crippen molar-refractivity contribution in [3.63, 3.8) is 0 Å². The molecular weight excluding hydrogens is 246 g/mol. The zero-order valence-corrected chi connectivity index (χ0v) is 12.2. The van der Waals surface area contributed by atoms with Crippen molar-refractivity contribution in [3.8, 4) is 5.75 Å². The third-order valence-corrected chi connectivity index (χ3v) is 3.59. The fraction of sp³-hybridized carbons (Fsp3) is 0.571. The van der Waals surface area contributed by atoms with Crippen molar-refractivity contribution in [2.75, 3.05) is 32.6 Å². The fourth-order valence-electron chi connectivity index (χ4n) is 1.68. The summed E-state index contributed by atoms with van der Waals surface area (Å²) < 4.78 is 5.21. The first-order valence-corrected chi connectivity index (χ1v) is 7.50. The van der Waals surface area contributed by atoms with Crippen LogP contribution in [-0.4, -0.2) is 48.6 Å². The molecule has 18 heavy (non-hydrogen) atoms. The summed E-state index contributed by atoms with van der Waals surface area (Å²) in [5, 5.41) is 8.84. The summed E-state index contributed by atoms with van der Waals surface area (Å²) in [4.78, 5) is 3.61. The first-order valence-electron chi connectivity index (χ1n) is 6.28. The Morgan fingerprint density at radius 2 is 1.72 bits per heavy atom. The molecule has 0 amide bonds. The lowest BCUT2D eigenvalue weighted by Gasteiger charge is -2.29. The van der Waals surface area contributed by atoms with E-state index in [0.717, 1.165) is 26.3 Å². The van der Waals surface area contributed by atoms with E-state index < -0.39 is 0 Å². The van der Waals surface area contributed by atoms with Crippen LogP contribution in [0.25, 0.3) is 0 Å². The van der Waals surface area contributed by atoms with Crippen molar-refractivity contribution in [3.05, 3.63) is 24.3 Å². The van der Waals surface area contributed by atoms with E-state index in [4.69, 9.17) is 9.84 Å². The second kappa shape index (κ2) is 8.40. The molecule has 0 aromatic heterocycles. The summed E-state index contributed by atoms with van der Waals surface area (Å²) in [6.07, 6.45) is 2.01. The number of hydrogen-bond donors (Lipinski definition) is 1. The number of morpholine rings is 1. The number of phenols is 1. The van der Waals surface area contributed by atoms with E-state index >= 15 is 0 Å². The van der Waals surface area contributed by atoms with Gasteiger partial charge in [0.1, 0.15) is 5.75 Å². The number of aromatic hydroxyl groups is 1. The minimum Gasteiger partial charge on any atom is -0.508 e. The van der Waals surface area contributed by atoms with Crippen molar-refractivity contribution in [1.82, 2.24) is 4.90 Å². The molecule has 1 fully saturated rings. The van der Waals surface area contributed by atoms with Gasteiger partial charge in [-0.3, -0.25) is 4.90 Å². The van der Waals surface area contributed by atoms with Crippen LogP contribution >= 0.6 is 11.8 Å². The number of hydrogen-bond acceptors (Lipinski definition) is 4. The molecule has 1 N–H and O–H groups in total. The Morgan fingerprint density at radius 1 is 1.17 bits per heavy atom. The molecule has 0 aliphatic carbocycles. The van der Waals surface area contributed by atoms with Crippen molar-refractivity contribution < 1.29 is 9.84 Å². The summed E-state index contributed by atoms with van der Waals surface area (Å²) in [7, 11) is 0. The molecular formula is C14H23NO2S. The second-order valence-electron chi connectivity index (χ2n) is 4.44. The van der Waals surface area contributed by atoms with Crippen LogP contribution in [-0.2, 0) is 4.74 Å². The molecule has 3 nitrogen and oxygen atoms in total.